The van der Waals surface area contributed by atoms with Crippen molar-refractivity contribution in [2.45, 2.75) is 0 Å². The van der Waals surface area contributed by atoms with Crippen LogP contribution in [0.1, 0.15) is 10.4 Å². The molecule has 2 aromatic carbocycles. The molecule has 0 spiro atoms. The average Bonchev–Trinajstić information content (AvgIpc) is 2.81. The Morgan fingerprint density at radius 1 is 1.19 bits per heavy atom. The molecule has 0 aliphatic rings. The maximum absolute atomic E-state index is 13.6. The fourth-order valence-electron chi connectivity index (χ4n) is 1.85. The largest absolute Gasteiger partial charge is 0.354 e. The summed E-state index contributed by atoms with van der Waals surface area (Å²) in [5.41, 5.74) is 0.204. The molecule has 7 heteroatoms. The van der Waals surface area contributed by atoms with Gasteiger partial charge < -0.3 is 9.84 Å². The van der Waals surface area contributed by atoms with E-state index in [4.69, 9.17) is 4.52 Å². The number of amides is 1. The van der Waals surface area contributed by atoms with Crippen LogP contribution in [0.15, 0.2) is 45.4 Å². The molecule has 3 rings (SSSR count). The van der Waals surface area contributed by atoms with Crippen molar-refractivity contribution in [2.75, 3.05) is 5.32 Å². The van der Waals surface area contributed by atoms with Crippen LogP contribution in [0.25, 0.3) is 11.0 Å². The highest BCUT2D eigenvalue weighted by Crippen LogP contribution is 2.26. The number of carbonyl (C=O) groups is 1. The number of nitrogens with one attached hydrogen (secondary N) is 1. The summed E-state index contributed by atoms with van der Waals surface area (Å²) in [6.07, 6.45) is 0. The molecule has 106 valence electrons. The minimum Gasteiger partial charge on any atom is -0.354 e. The van der Waals surface area contributed by atoms with E-state index in [1.807, 2.05) is 0 Å². The topological polar surface area (TPSA) is 55.1 Å². The van der Waals surface area contributed by atoms with Crippen molar-refractivity contribution in [1.82, 2.24) is 5.16 Å². The van der Waals surface area contributed by atoms with Crippen molar-refractivity contribution >= 4 is 38.6 Å². The van der Waals surface area contributed by atoms with Crippen LogP contribution in [0, 0.1) is 11.6 Å². The first kappa shape index (κ1) is 13.7. The summed E-state index contributed by atoms with van der Waals surface area (Å²) in [5, 5.41) is 6.74. The van der Waals surface area contributed by atoms with Gasteiger partial charge in [-0.15, -0.1) is 0 Å². The zero-order chi connectivity index (χ0) is 15.0. The first-order valence-corrected chi connectivity index (χ1v) is 6.65. The molecule has 1 heterocycles. The number of nitrogens with zero attached hydrogens (tertiary/aromatic N) is 1. The standard InChI is InChI=1S/C14H7BrF2N2O2/c15-7-1-4-12-10(5-7)13(19-21-12)18-14(20)9-3-2-8(16)6-11(9)17/h1-6H,(H,18,19,20). The van der Waals surface area contributed by atoms with Gasteiger partial charge in [0.05, 0.1) is 10.9 Å². The molecule has 1 N–H and O–H groups in total. The fraction of sp³-hybridized carbons (Fsp3) is 0. The summed E-state index contributed by atoms with van der Waals surface area (Å²) in [6, 6.07) is 7.88. The van der Waals surface area contributed by atoms with Gasteiger partial charge in [-0.3, -0.25) is 4.79 Å². The summed E-state index contributed by atoms with van der Waals surface area (Å²) in [4.78, 5) is 12.0. The third-order valence-electron chi connectivity index (χ3n) is 2.84. The Morgan fingerprint density at radius 2 is 2.00 bits per heavy atom. The van der Waals surface area contributed by atoms with E-state index in [2.05, 4.69) is 26.4 Å². The van der Waals surface area contributed by atoms with Crippen LogP contribution in [-0.2, 0) is 0 Å². The molecule has 0 bridgehead atoms. The highest BCUT2D eigenvalue weighted by Gasteiger charge is 2.16. The van der Waals surface area contributed by atoms with E-state index in [1.54, 1.807) is 18.2 Å². The van der Waals surface area contributed by atoms with Gasteiger partial charge in [-0.1, -0.05) is 21.1 Å². The van der Waals surface area contributed by atoms with Gasteiger partial charge in [-0.2, -0.15) is 0 Å². The van der Waals surface area contributed by atoms with Crippen LogP contribution in [-0.4, -0.2) is 11.1 Å². The molecule has 0 atom stereocenters. The SMILES string of the molecule is O=C(Nc1noc2ccc(Br)cc12)c1ccc(F)cc1F. The number of aromatic nitrogens is 1. The predicted molar refractivity (Wildman–Crippen MR) is 76.0 cm³/mol. The predicted octanol–water partition coefficient (Wildman–Crippen LogP) is 4.12. The van der Waals surface area contributed by atoms with E-state index in [0.29, 0.717) is 17.0 Å². The lowest BCUT2D eigenvalue weighted by Gasteiger charge is -2.03. The van der Waals surface area contributed by atoms with Gasteiger partial charge in [0.1, 0.15) is 11.6 Å². The van der Waals surface area contributed by atoms with E-state index in [1.165, 1.54) is 0 Å². The molecule has 1 aromatic heterocycles. The van der Waals surface area contributed by atoms with Gasteiger partial charge >= 0.3 is 0 Å². The van der Waals surface area contributed by atoms with E-state index >= 15 is 0 Å². The normalized spacial score (nSPS) is 10.8. The highest BCUT2D eigenvalue weighted by atomic mass is 79.9. The zero-order valence-corrected chi connectivity index (χ0v) is 11.9. The summed E-state index contributed by atoms with van der Waals surface area (Å²) in [5.74, 6) is -2.26. The molecule has 0 unspecified atom stereocenters. The second kappa shape index (κ2) is 5.25. The van der Waals surface area contributed by atoms with Gasteiger partial charge in [0.2, 0.25) is 0 Å². The molecule has 3 aromatic rings. The van der Waals surface area contributed by atoms with Gasteiger partial charge in [-0.25, -0.2) is 8.78 Å². The second-order valence-electron chi connectivity index (χ2n) is 4.25. The molecular formula is C14H7BrF2N2O2. The van der Waals surface area contributed by atoms with Gasteiger partial charge in [0.15, 0.2) is 11.4 Å². The van der Waals surface area contributed by atoms with E-state index in [-0.39, 0.29) is 11.4 Å². The maximum atomic E-state index is 13.6. The molecule has 1 amide bonds. The van der Waals surface area contributed by atoms with Crippen LogP contribution < -0.4 is 5.32 Å². The summed E-state index contributed by atoms with van der Waals surface area (Å²) >= 11 is 3.30. The van der Waals surface area contributed by atoms with Crippen LogP contribution in [0.3, 0.4) is 0 Å². The monoisotopic (exact) mass is 352 g/mol. The Hall–Kier alpha value is -2.28. The minimum atomic E-state index is -0.943. The Bertz CT molecular complexity index is 848. The summed E-state index contributed by atoms with van der Waals surface area (Å²) < 4.78 is 32.2. The number of rotatable bonds is 2. The van der Waals surface area contributed by atoms with Crippen molar-refractivity contribution < 1.29 is 18.1 Å². The molecule has 0 aliphatic carbocycles. The van der Waals surface area contributed by atoms with Gasteiger partial charge in [0, 0.05) is 10.5 Å². The lowest BCUT2D eigenvalue weighted by atomic mass is 10.2. The lowest BCUT2D eigenvalue weighted by molar-refractivity contribution is 0.102. The van der Waals surface area contributed by atoms with Crippen molar-refractivity contribution in [3.63, 3.8) is 0 Å². The summed E-state index contributed by atoms with van der Waals surface area (Å²) in [6.45, 7) is 0. The van der Waals surface area contributed by atoms with Crippen molar-refractivity contribution in [2.24, 2.45) is 0 Å². The number of fused-ring (bicyclic) bond motifs is 1. The highest BCUT2D eigenvalue weighted by molar-refractivity contribution is 9.10. The Balaban J connectivity index is 1.94. The molecule has 0 saturated carbocycles. The van der Waals surface area contributed by atoms with E-state index in [0.717, 1.165) is 16.6 Å². The molecule has 0 saturated heterocycles. The van der Waals surface area contributed by atoms with Gasteiger partial charge in [0.25, 0.3) is 5.91 Å². The lowest BCUT2D eigenvalue weighted by Crippen LogP contribution is -2.14. The Morgan fingerprint density at radius 3 is 2.76 bits per heavy atom. The molecule has 0 aliphatic heterocycles. The minimum absolute atomic E-state index is 0.167. The number of anilines is 1. The molecule has 21 heavy (non-hydrogen) atoms. The first-order chi connectivity index (χ1) is 10.0. The third-order valence-corrected chi connectivity index (χ3v) is 3.33. The molecular weight excluding hydrogens is 346 g/mol. The quantitative estimate of drug-likeness (QED) is 0.754. The van der Waals surface area contributed by atoms with Crippen molar-refractivity contribution in [3.05, 3.63) is 58.1 Å². The number of hydrogen-bond donors (Lipinski definition) is 1. The number of benzene rings is 2. The van der Waals surface area contributed by atoms with E-state index in [9.17, 15) is 13.6 Å². The molecule has 4 nitrogen and oxygen atoms in total. The van der Waals surface area contributed by atoms with E-state index < -0.39 is 17.5 Å². The Kier molecular flexibility index (Phi) is 3.42. The Labute approximate surface area is 125 Å². The number of hydrogen-bond acceptors (Lipinski definition) is 3. The van der Waals surface area contributed by atoms with Crippen LogP contribution in [0.2, 0.25) is 0 Å². The molecule has 0 fully saturated rings. The number of halogens is 3. The first-order valence-electron chi connectivity index (χ1n) is 5.86. The summed E-state index contributed by atoms with van der Waals surface area (Å²) in [7, 11) is 0. The van der Waals surface area contributed by atoms with Crippen LogP contribution >= 0.6 is 15.9 Å². The molecule has 0 radical (unpaired) electrons. The van der Waals surface area contributed by atoms with Crippen LogP contribution in [0.4, 0.5) is 14.6 Å². The van der Waals surface area contributed by atoms with Crippen molar-refractivity contribution in [3.8, 4) is 0 Å². The zero-order valence-electron chi connectivity index (χ0n) is 10.4. The third kappa shape index (κ3) is 2.64. The smallest absolute Gasteiger partial charge is 0.259 e. The fourth-order valence-corrected chi connectivity index (χ4v) is 2.21. The van der Waals surface area contributed by atoms with Gasteiger partial charge in [-0.05, 0) is 30.3 Å². The second-order valence-corrected chi connectivity index (χ2v) is 5.17. The number of carbonyl (C=O) groups excluding carboxylic acids is 1. The van der Waals surface area contributed by atoms with Crippen LogP contribution in [0.5, 0.6) is 0 Å². The average molecular weight is 353 g/mol. The maximum Gasteiger partial charge on any atom is 0.259 e. The van der Waals surface area contributed by atoms with Crippen molar-refractivity contribution in [1.29, 1.82) is 0 Å².